The molecule has 5 rings (SSSR count). The van der Waals surface area contributed by atoms with Gasteiger partial charge in [-0.1, -0.05) is 220 Å². The zero-order valence-corrected chi connectivity index (χ0v) is 43.1. The summed E-state index contributed by atoms with van der Waals surface area (Å²) >= 11 is 5.10. The third kappa shape index (κ3) is 14.8. The van der Waals surface area contributed by atoms with Gasteiger partial charge in [-0.25, -0.2) is 0 Å². The first-order valence-electron chi connectivity index (χ1n) is 26.4. The Bertz CT molecular complexity index is 1810. The molecule has 3 aromatic heterocycles. The number of aryl methyl sites for hydroxylation is 2. The number of thiophene rings is 2. The molecular formula is C56H88N2OS3. The van der Waals surface area contributed by atoms with E-state index in [0.29, 0.717) is 17.6 Å². The van der Waals surface area contributed by atoms with Gasteiger partial charge in [-0.2, -0.15) is 8.75 Å². The summed E-state index contributed by atoms with van der Waals surface area (Å²) in [6, 6.07) is 9.25. The van der Waals surface area contributed by atoms with Crippen LogP contribution in [0.25, 0.3) is 31.2 Å². The summed E-state index contributed by atoms with van der Waals surface area (Å²) in [5.41, 5.74) is 6.30. The van der Waals surface area contributed by atoms with Crippen molar-refractivity contribution in [3.63, 3.8) is 0 Å². The van der Waals surface area contributed by atoms with Gasteiger partial charge in [-0.3, -0.25) is 4.79 Å². The summed E-state index contributed by atoms with van der Waals surface area (Å²) in [6.45, 7) is 13.7. The number of hydrogen-bond acceptors (Lipinski definition) is 6. The van der Waals surface area contributed by atoms with Crippen molar-refractivity contribution in [1.82, 2.24) is 8.75 Å². The third-order valence-electron chi connectivity index (χ3n) is 14.7. The summed E-state index contributed by atoms with van der Waals surface area (Å²) < 4.78 is 9.59. The van der Waals surface area contributed by atoms with Crippen LogP contribution in [0.2, 0.25) is 0 Å². The highest BCUT2D eigenvalue weighted by atomic mass is 32.1. The molecule has 4 aromatic rings. The van der Waals surface area contributed by atoms with E-state index < -0.39 is 5.41 Å². The number of ketones is 1. The molecule has 2 atom stereocenters. The lowest BCUT2D eigenvalue weighted by Crippen LogP contribution is -2.39. The molecule has 2 unspecified atom stereocenters. The normalized spacial score (nSPS) is 16.0. The van der Waals surface area contributed by atoms with E-state index in [4.69, 9.17) is 8.75 Å². The SMILES string of the molecule is CCCCCCCCCC(CCCCCCC)CCC1(CCC(CCCCCCC)CCCCCCCCC)C(=O)c2cc(C)sc2-c2sc(-c3ccc(C)c4nsnc34)cc21. The molecule has 0 aliphatic heterocycles. The van der Waals surface area contributed by atoms with Gasteiger partial charge in [0.2, 0.25) is 0 Å². The second kappa shape index (κ2) is 28.2. The highest BCUT2D eigenvalue weighted by Crippen LogP contribution is 2.56. The number of Topliss-reactive ketones (excluding diaryl/α,β-unsaturated/α-hetero) is 1. The van der Waals surface area contributed by atoms with Gasteiger partial charge in [0.1, 0.15) is 11.0 Å². The molecule has 346 valence electrons. The molecular weight excluding hydrogens is 813 g/mol. The predicted molar refractivity (Wildman–Crippen MR) is 277 cm³/mol. The van der Waals surface area contributed by atoms with Crippen molar-refractivity contribution >= 4 is 51.2 Å². The first-order valence-corrected chi connectivity index (χ1v) is 28.7. The highest BCUT2D eigenvalue weighted by molar-refractivity contribution is 7.24. The minimum Gasteiger partial charge on any atom is -0.293 e. The summed E-state index contributed by atoms with van der Waals surface area (Å²) in [7, 11) is 0. The number of benzene rings is 1. The molecule has 3 nitrogen and oxygen atoms in total. The van der Waals surface area contributed by atoms with E-state index in [1.165, 1.54) is 241 Å². The second-order valence-electron chi connectivity index (χ2n) is 19.8. The molecule has 0 bridgehead atoms. The number of unbranched alkanes of at least 4 members (excludes halogenated alkanes) is 20. The minimum atomic E-state index is -0.476. The maximum atomic E-state index is 15.7. The van der Waals surface area contributed by atoms with Crippen LogP contribution >= 0.6 is 34.4 Å². The molecule has 1 aliphatic carbocycles. The van der Waals surface area contributed by atoms with Crippen LogP contribution in [0.4, 0.5) is 0 Å². The van der Waals surface area contributed by atoms with Crippen molar-refractivity contribution in [3.05, 3.63) is 45.8 Å². The van der Waals surface area contributed by atoms with Gasteiger partial charge >= 0.3 is 0 Å². The zero-order valence-electron chi connectivity index (χ0n) is 40.6. The number of aromatic nitrogens is 2. The molecule has 6 heteroatoms. The Morgan fingerprint density at radius 1 is 0.500 bits per heavy atom. The van der Waals surface area contributed by atoms with Crippen molar-refractivity contribution in [3.8, 4) is 20.2 Å². The molecule has 0 N–H and O–H groups in total. The average molecular weight is 902 g/mol. The lowest BCUT2D eigenvalue weighted by molar-refractivity contribution is 0.0842. The fourth-order valence-electron chi connectivity index (χ4n) is 10.7. The molecule has 0 saturated heterocycles. The minimum absolute atomic E-state index is 0.438. The predicted octanol–water partition coefficient (Wildman–Crippen LogP) is 20.0. The van der Waals surface area contributed by atoms with Crippen LogP contribution in [-0.4, -0.2) is 14.5 Å². The fraction of sp³-hybridized carbons (Fsp3) is 0.732. The van der Waals surface area contributed by atoms with Gasteiger partial charge in [0.05, 0.1) is 22.0 Å². The van der Waals surface area contributed by atoms with Crippen LogP contribution in [0.5, 0.6) is 0 Å². The standard InChI is InChI=1S/C56H88N2OS3/c1-7-11-15-19-21-25-29-33-45(31-27-23-17-13-9-3)37-39-56(40-38-46(32-28-24-18-14-10-4)34-30-26-22-20-16-12-8-2)49-42-50(47-36-35-43(5)51-52(47)58-62-57-51)61-54(49)53-48(55(56)59)41-44(6)60-53/h35-36,41-42,45-46H,7-34,37-40H2,1-6H3. The molecule has 1 aromatic carbocycles. The molecule has 1 aliphatic rings. The number of hydrogen-bond donors (Lipinski definition) is 0. The quantitative estimate of drug-likeness (QED) is 0.0432. The van der Waals surface area contributed by atoms with Gasteiger partial charge < -0.3 is 0 Å². The summed E-state index contributed by atoms with van der Waals surface area (Å²) in [5, 5.41) is 0. The number of fused-ring (bicyclic) bond motifs is 4. The first kappa shape index (κ1) is 51.1. The molecule has 0 amide bonds. The van der Waals surface area contributed by atoms with Crippen LogP contribution < -0.4 is 0 Å². The number of carbonyl (C=O) groups is 1. The Hall–Kier alpha value is -1.89. The first-order chi connectivity index (χ1) is 30.4. The van der Waals surface area contributed by atoms with E-state index in [1.54, 1.807) is 0 Å². The van der Waals surface area contributed by atoms with Gasteiger partial charge in [-0.05, 0) is 74.6 Å². The zero-order chi connectivity index (χ0) is 44.0. The monoisotopic (exact) mass is 901 g/mol. The Balaban J connectivity index is 1.48. The van der Waals surface area contributed by atoms with E-state index in [-0.39, 0.29) is 0 Å². The van der Waals surface area contributed by atoms with Gasteiger partial charge in [0.15, 0.2) is 5.78 Å². The molecule has 0 radical (unpaired) electrons. The Morgan fingerprint density at radius 2 is 0.952 bits per heavy atom. The van der Waals surface area contributed by atoms with Crippen molar-refractivity contribution in [2.45, 2.75) is 252 Å². The Labute approximate surface area is 392 Å². The molecule has 62 heavy (non-hydrogen) atoms. The van der Waals surface area contributed by atoms with E-state index in [1.807, 2.05) is 22.7 Å². The number of nitrogens with zero attached hydrogens (tertiary/aromatic N) is 2. The molecule has 0 fully saturated rings. The Kier molecular flexibility index (Phi) is 23.3. The lowest BCUT2D eigenvalue weighted by Gasteiger charge is -2.38. The lowest BCUT2D eigenvalue weighted by atomic mass is 9.63. The highest BCUT2D eigenvalue weighted by Gasteiger charge is 2.48. The van der Waals surface area contributed by atoms with Crippen LogP contribution in [-0.2, 0) is 5.41 Å². The third-order valence-corrected chi connectivity index (χ3v) is 17.6. The largest absolute Gasteiger partial charge is 0.293 e. The maximum absolute atomic E-state index is 15.7. The topological polar surface area (TPSA) is 42.9 Å². The second-order valence-corrected chi connectivity index (χ2v) is 22.6. The maximum Gasteiger partial charge on any atom is 0.174 e. The number of carbonyl (C=O) groups excluding carboxylic acids is 1. The van der Waals surface area contributed by atoms with Crippen molar-refractivity contribution < 1.29 is 4.79 Å². The van der Waals surface area contributed by atoms with E-state index >= 15 is 4.79 Å². The van der Waals surface area contributed by atoms with E-state index in [0.717, 1.165) is 29.4 Å². The van der Waals surface area contributed by atoms with Crippen molar-refractivity contribution in [2.75, 3.05) is 0 Å². The van der Waals surface area contributed by atoms with Gasteiger partial charge in [0.25, 0.3) is 0 Å². The van der Waals surface area contributed by atoms with Crippen molar-refractivity contribution in [2.24, 2.45) is 11.8 Å². The van der Waals surface area contributed by atoms with E-state index in [2.05, 4.69) is 65.8 Å². The molecule has 0 saturated carbocycles. The molecule has 0 spiro atoms. The number of rotatable bonds is 35. The molecule has 3 heterocycles. The van der Waals surface area contributed by atoms with Crippen molar-refractivity contribution in [1.29, 1.82) is 0 Å². The van der Waals surface area contributed by atoms with Crippen LogP contribution in [0.3, 0.4) is 0 Å². The van der Waals surface area contributed by atoms with Crippen LogP contribution in [0.1, 0.15) is 260 Å². The summed E-state index contributed by atoms with van der Waals surface area (Å²) in [5.74, 6) is 1.83. The Morgan fingerprint density at radius 3 is 1.44 bits per heavy atom. The fourth-order valence-corrected chi connectivity index (χ4v) is 13.8. The van der Waals surface area contributed by atoms with Gasteiger partial charge in [0, 0.05) is 25.8 Å². The average Bonchev–Trinajstić information content (AvgIpc) is 4.05. The van der Waals surface area contributed by atoms with E-state index in [9.17, 15) is 0 Å². The van der Waals surface area contributed by atoms with Crippen LogP contribution in [0, 0.1) is 25.7 Å². The van der Waals surface area contributed by atoms with Gasteiger partial charge in [-0.15, -0.1) is 22.7 Å². The smallest absolute Gasteiger partial charge is 0.174 e. The summed E-state index contributed by atoms with van der Waals surface area (Å²) in [4.78, 5) is 20.8. The summed E-state index contributed by atoms with van der Waals surface area (Å²) in [6.07, 6.45) is 42.2. The van der Waals surface area contributed by atoms with Crippen LogP contribution in [0.15, 0.2) is 24.3 Å².